The van der Waals surface area contributed by atoms with Gasteiger partial charge >= 0.3 is 6.03 Å². The van der Waals surface area contributed by atoms with Crippen LogP contribution in [-0.4, -0.2) is 18.2 Å². The van der Waals surface area contributed by atoms with Crippen molar-refractivity contribution in [3.63, 3.8) is 0 Å². The fourth-order valence-corrected chi connectivity index (χ4v) is 2.02. The van der Waals surface area contributed by atoms with E-state index in [1.165, 1.54) is 19.2 Å². The van der Waals surface area contributed by atoms with Crippen molar-refractivity contribution in [3.8, 4) is 11.5 Å². The van der Waals surface area contributed by atoms with Crippen LogP contribution in [0.3, 0.4) is 0 Å². The third-order valence-corrected chi connectivity index (χ3v) is 3.15. The first-order valence-corrected chi connectivity index (χ1v) is 6.70. The molecule has 5 nitrogen and oxygen atoms in total. The van der Waals surface area contributed by atoms with E-state index in [1.807, 2.05) is 0 Å². The summed E-state index contributed by atoms with van der Waals surface area (Å²) < 4.78 is 18.8. The molecule has 2 amide bonds. The van der Waals surface area contributed by atoms with Crippen LogP contribution in [0.25, 0.3) is 0 Å². The van der Waals surface area contributed by atoms with E-state index in [0.717, 1.165) is 5.56 Å². The molecule has 0 heterocycles. The Morgan fingerprint density at radius 1 is 1.27 bits per heavy atom. The summed E-state index contributed by atoms with van der Waals surface area (Å²) in [5, 5.41) is 14.5. The van der Waals surface area contributed by atoms with Crippen LogP contribution in [0.5, 0.6) is 11.5 Å². The van der Waals surface area contributed by atoms with Crippen molar-refractivity contribution in [2.75, 3.05) is 12.4 Å². The van der Waals surface area contributed by atoms with Gasteiger partial charge in [-0.1, -0.05) is 18.2 Å². The van der Waals surface area contributed by atoms with E-state index in [1.54, 1.807) is 37.3 Å². The first kappa shape index (κ1) is 15.6. The Kier molecular flexibility index (Phi) is 4.83. The third-order valence-electron chi connectivity index (χ3n) is 3.15. The zero-order valence-electron chi connectivity index (χ0n) is 12.3. The zero-order chi connectivity index (χ0) is 16.1. The largest absolute Gasteiger partial charge is 0.508 e. The minimum absolute atomic E-state index is 0.0226. The second-order valence-electron chi connectivity index (χ2n) is 4.73. The summed E-state index contributed by atoms with van der Waals surface area (Å²) >= 11 is 0. The van der Waals surface area contributed by atoms with Crippen molar-refractivity contribution < 1.29 is 19.0 Å². The molecule has 0 aromatic heterocycles. The standard InChI is InChI=1S/C16H17FN2O3/c1-10(11-5-3-6-12(20)9-11)18-16(21)19-15-13(17)7-4-8-14(15)22-2/h3-10,20H,1-2H3,(H2,18,19,21)/t10-/m0/s1. The highest BCUT2D eigenvalue weighted by Crippen LogP contribution is 2.27. The van der Waals surface area contributed by atoms with Gasteiger partial charge in [0.15, 0.2) is 5.82 Å². The summed E-state index contributed by atoms with van der Waals surface area (Å²) in [5.74, 6) is -0.234. The first-order valence-electron chi connectivity index (χ1n) is 6.70. The van der Waals surface area contributed by atoms with E-state index in [0.29, 0.717) is 0 Å². The van der Waals surface area contributed by atoms with E-state index in [-0.39, 0.29) is 23.2 Å². The summed E-state index contributed by atoms with van der Waals surface area (Å²) in [7, 11) is 1.40. The topological polar surface area (TPSA) is 70.6 Å². The maximum atomic E-state index is 13.8. The smallest absolute Gasteiger partial charge is 0.319 e. The summed E-state index contributed by atoms with van der Waals surface area (Å²) in [6, 6.07) is 9.90. The van der Waals surface area contributed by atoms with Crippen molar-refractivity contribution in [1.82, 2.24) is 5.32 Å². The fraction of sp³-hybridized carbons (Fsp3) is 0.188. The van der Waals surface area contributed by atoms with Gasteiger partial charge in [0.25, 0.3) is 0 Å². The van der Waals surface area contributed by atoms with Crippen LogP contribution in [0.2, 0.25) is 0 Å². The van der Waals surface area contributed by atoms with E-state index in [2.05, 4.69) is 10.6 Å². The lowest BCUT2D eigenvalue weighted by Gasteiger charge is -2.16. The second kappa shape index (κ2) is 6.80. The highest BCUT2D eigenvalue weighted by Gasteiger charge is 2.14. The van der Waals surface area contributed by atoms with Gasteiger partial charge in [-0.25, -0.2) is 9.18 Å². The fourth-order valence-electron chi connectivity index (χ4n) is 2.02. The van der Waals surface area contributed by atoms with Crippen molar-refractivity contribution >= 4 is 11.7 Å². The molecular formula is C16H17FN2O3. The lowest BCUT2D eigenvalue weighted by molar-refractivity contribution is 0.249. The first-order chi connectivity index (χ1) is 10.5. The average Bonchev–Trinajstić information content (AvgIpc) is 2.49. The van der Waals surface area contributed by atoms with Gasteiger partial charge in [-0.2, -0.15) is 0 Å². The van der Waals surface area contributed by atoms with Crippen LogP contribution in [0.1, 0.15) is 18.5 Å². The quantitative estimate of drug-likeness (QED) is 0.810. The number of phenols is 1. The number of para-hydroxylation sites is 1. The molecule has 0 saturated carbocycles. The Morgan fingerprint density at radius 3 is 2.68 bits per heavy atom. The molecule has 116 valence electrons. The second-order valence-corrected chi connectivity index (χ2v) is 4.73. The van der Waals surface area contributed by atoms with Crippen LogP contribution in [0.15, 0.2) is 42.5 Å². The van der Waals surface area contributed by atoms with Crippen LogP contribution < -0.4 is 15.4 Å². The average molecular weight is 304 g/mol. The van der Waals surface area contributed by atoms with Crippen LogP contribution in [-0.2, 0) is 0 Å². The molecule has 3 N–H and O–H groups in total. The molecule has 0 bridgehead atoms. The highest BCUT2D eigenvalue weighted by atomic mass is 19.1. The number of hydrogen-bond acceptors (Lipinski definition) is 3. The number of anilines is 1. The molecule has 0 saturated heterocycles. The van der Waals surface area contributed by atoms with Crippen molar-refractivity contribution in [2.24, 2.45) is 0 Å². The Morgan fingerprint density at radius 2 is 2.00 bits per heavy atom. The highest BCUT2D eigenvalue weighted by molar-refractivity contribution is 5.91. The Hall–Kier alpha value is -2.76. The molecule has 0 unspecified atom stereocenters. The van der Waals surface area contributed by atoms with Crippen LogP contribution in [0, 0.1) is 5.82 Å². The zero-order valence-corrected chi connectivity index (χ0v) is 12.3. The molecule has 2 rings (SSSR count). The molecule has 6 heteroatoms. The number of rotatable bonds is 4. The molecule has 2 aromatic carbocycles. The van der Waals surface area contributed by atoms with E-state index >= 15 is 0 Å². The van der Waals surface area contributed by atoms with E-state index in [9.17, 15) is 14.3 Å². The van der Waals surface area contributed by atoms with Crippen molar-refractivity contribution in [2.45, 2.75) is 13.0 Å². The summed E-state index contributed by atoms with van der Waals surface area (Å²) in [5.41, 5.74) is 0.709. The van der Waals surface area contributed by atoms with Gasteiger partial charge in [0.2, 0.25) is 0 Å². The molecule has 22 heavy (non-hydrogen) atoms. The molecule has 0 aliphatic heterocycles. The molecule has 2 aromatic rings. The molecule has 0 aliphatic rings. The SMILES string of the molecule is COc1cccc(F)c1NC(=O)N[C@@H](C)c1cccc(O)c1. The van der Waals surface area contributed by atoms with Gasteiger partial charge in [-0.15, -0.1) is 0 Å². The lowest BCUT2D eigenvalue weighted by atomic mass is 10.1. The molecule has 0 spiro atoms. The van der Waals surface area contributed by atoms with Crippen molar-refractivity contribution in [1.29, 1.82) is 0 Å². The van der Waals surface area contributed by atoms with Gasteiger partial charge in [-0.05, 0) is 36.8 Å². The van der Waals surface area contributed by atoms with Gasteiger partial charge in [0.1, 0.15) is 17.2 Å². The number of amides is 2. The number of carbonyl (C=O) groups excluding carboxylic acids is 1. The number of ether oxygens (including phenoxy) is 1. The van der Waals surface area contributed by atoms with E-state index in [4.69, 9.17) is 4.74 Å². The lowest BCUT2D eigenvalue weighted by Crippen LogP contribution is -2.31. The molecule has 0 fully saturated rings. The van der Waals surface area contributed by atoms with Gasteiger partial charge < -0.3 is 20.5 Å². The number of phenolic OH excluding ortho intramolecular Hbond substituents is 1. The predicted molar refractivity (Wildman–Crippen MR) is 81.6 cm³/mol. The number of methoxy groups -OCH3 is 1. The summed E-state index contributed by atoms with van der Waals surface area (Å²) in [6.07, 6.45) is 0. The minimum Gasteiger partial charge on any atom is -0.508 e. The maximum Gasteiger partial charge on any atom is 0.319 e. The minimum atomic E-state index is -0.584. The number of aromatic hydroxyl groups is 1. The van der Waals surface area contributed by atoms with Gasteiger partial charge in [0, 0.05) is 0 Å². The van der Waals surface area contributed by atoms with E-state index < -0.39 is 11.8 Å². The van der Waals surface area contributed by atoms with Crippen LogP contribution in [0.4, 0.5) is 14.9 Å². The molecule has 1 atom stereocenters. The number of hydrogen-bond donors (Lipinski definition) is 3. The number of benzene rings is 2. The molecule has 0 radical (unpaired) electrons. The Balaban J connectivity index is 2.07. The molecular weight excluding hydrogens is 287 g/mol. The van der Waals surface area contributed by atoms with Crippen LogP contribution >= 0.6 is 0 Å². The van der Waals surface area contributed by atoms with Gasteiger partial charge in [-0.3, -0.25) is 0 Å². The van der Waals surface area contributed by atoms with Gasteiger partial charge in [0.05, 0.1) is 13.2 Å². The summed E-state index contributed by atoms with van der Waals surface area (Å²) in [6.45, 7) is 1.76. The number of halogens is 1. The Bertz CT molecular complexity index is 676. The maximum absolute atomic E-state index is 13.8. The molecule has 0 aliphatic carbocycles. The number of nitrogens with one attached hydrogen (secondary N) is 2. The monoisotopic (exact) mass is 304 g/mol. The number of carbonyl (C=O) groups is 1. The summed E-state index contributed by atoms with van der Waals surface area (Å²) in [4.78, 5) is 12.0. The van der Waals surface area contributed by atoms with Crippen molar-refractivity contribution in [3.05, 3.63) is 53.8 Å². The number of urea groups is 1. The predicted octanol–water partition coefficient (Wildman–Crippen LogP) is 3.42. The Labute approximate surface area is 127 Å². The normalized spacial score (nSPS) is 11.6. The third kappa shape index (κ3) is 3.66.